The van der Waals surface area contributed by atoms with Crippen LogP contribution in [0.3, 0.4) is 0 Å². The lowest BCUT2D eigenvalue weighted by atomic mass is 9.93. The third-order valence-corrected chi connectivity index (χ3v) is 7.34. The van der Waals surface area contributed by atoms with Crippen molar-refractivity contribution in [3.05, 3.63) is 54.6 Å². The number of halogens is 5. The molecule has 0 N–H and O–H groups in total. The molecule has 5 rings (SSSR count). The van der Waals surface area contributed by atoms with Crippen LogP contribution in [0.25, 0.3) is 5.70 Å². The summed E-state index contributed by atoms with van der Waals surface area (Å²) in [5.74, 6) is -2.19. The van der Waals surface area contributed by atoms with E-state index in [0.29, 0.717) is 37.3 Å². The van der Waals surface area contributed by atoms with Gasteiger partial charge in [0.1, 0.15) is 0 Å². The van der Waals surface area contributed by atoms with Crippen molar-refractivity contribution < 1.29 is 22.0 Å². The molecule has 2 atom stereocenters. The van der Waals surface area contributed by atoms with Crippen LogP contribution in [0.2, 0.25) is 0 Å². The van der Waals surface area contributed by atoms with Gasteiger partial charge in [0.25, 0.3) is 0 Å². The van der Waals surface area contributed by atoms with Gasteiger partial charge < -0.3 is 4.90 Å². The highest BCUT2D eigenvalue weighted by Crippen LogP contribution is 2.61. The molecule has 1 aromatic carbocycles. The van der Waals surface area contributed by atoms with Crippen molar-refractivity contribution in [2.45, 2.75) is 64.0 Å². The summed E-state index contributed by atoms with van der Waals surface area (Å²) in [4.78, 5) is 2.26. The van der Waals surface area contributed by atoms with Gasteiger partial charge in [-0.15, -0.1) is 26.0 Å². The van der Waals surface area contributed by atoms with Crippen molar-refractivity contribution in [3.8, 4) is 12.8 Å². The zero-order valence-electron chi connectivity index (χ0n) is 21.7. The molecule has 0 amide bonds. The normalized spacial score (nSPS) is 24.0. The predicted octanol–water partition coefficient (Wildman–Crippen LogP) is 7.51. The second-order valence-corrected chi connectivity index (χ2v) is 9.95. The van der Waals surface area contributed by atoms with Crippen molar-refractivity contribution in [2.24, 2.45) is 21.5 Å². The molecule has 2 unspecified atom stereocenters. The first kappa shape index (κ1) is 30.3. The van der Waals surface area contributed by atoms with E-state index in [1.54, 1.807) is 0 Å². The zero-order valence-corrected chi connectivity index (χ0v) is 21.7. The monoisotopic (exact) mass is 521 g/mol. The maximum Gasteiger partial charge on any atom is 0.245 e. The van der Waals surface area contributed by atoms with Crippen LogP contribution < -0.4 is 0 Å². The summed E-state index contributed by atoms with van der Waals surface area (Å²) in [5, 5.41) is 8.58. The van der Waals surface area contributed by atoms with E-state index >= 15 is 0 Å². The molecule has 3 nitrogen and oxygen atoms in total. The van der Waals surface area contributed by atoms with Crippen LogP contribution in [0.5, 0.6) is 0 Å². The van der Waals surface area contributed by atoms with E-state index in [2.05, 4.69) is 53.8 Å². The van der Waals surface area contributed by atoms with Crippen molar-refractivity contribution in [1.29, 1.82) is 0 Å². The summed E-state index contributed by atoms with van der Waals surface area (Å²) in [7, 11) is 0. The number of aryl methyl sites for hydroxylation is 2. The number of fused-ring (bicyclic) bond motifs is 1. The van der Waals surface area contributed by atoms with E-state index in [9.17, 15) is 22.0 Å². The molecule has 4 aliphatic rings. The number of hydrogen-bond acceptors (Lipinski definition) is 3. The highest BCUT2D eigenvalue weighted by molar-refractivity contribution is 6.15. The SMILES string of the molecule is C#C.C=C.C=C(c1cc(C)ccc1CCC(C)(F)F)N1CC2CC2(C2=NN=C(C3(F)CC3)C2)C1.FCF. The maximum absolute atomic E-state index is 14.4. The number of piperidine rings is 1. The van der Waals surface area contributed by atoms with Gasteiger partial charge in [0.2, 0.25) is 12.9 Å². The Labute approximate surface area is 217 Å². The summed E-state index contributed by atoms with van der Waals surface area (Å²) in [6, 6.07) is 5.97. The molecule has 2 aliphatic carbocycles. The van der Waals surface area contributed by atoms with Gasteiger partial charge in [-0.1, -0.05) is 24.3 Å². The molecule has 0 bridgehead atoms. The Kier molecular flexibility index (Phi) is 9.87. The first-order chi connectivity index (χ1) is 17.5. The molecule has 0 spiro atoms. The maximum atomic E-state index is 14.4. The van der Waals surface area contributed by atoms with Gasteiger partial charge in [-0.05, 0) is 57.1 Å². The predicted molar refractivity (Wildman–Crippen MR) is 142 cm³/mol. The summed E-state index contributed by atoms with van der Waals surface area (Å²) in [6.45, 7) is 13.2. The molecular formula is C29H36F5N3. The van der Waals surface area contributed by atoms with Gasteiger partial charge in [-0.2, -0.15) is 10.2 Å². The van der Waals surface area contributed by atoms with Crippen molar-refractivity contribution in [2.75, 3.05) is 20.0 Å². The van der Waals surface area contributed by atoms with Gasteiger partial charge in [-0.3, -0.25) is 0 Å². The summed E-state index contributed by atoms with van der Waals surface area (Å²) >= 11 is 0. The highest BCUT2D eigenvalue weighted by Gasteiger charge is 2.64. The molecule has 0 radical (unpaired) electrons. The van der Waals surface area contributed by atoms with E-state index in [-0.39, 0.29) is 11.8 Å². The van der Waals surface area contributed by atoms with Gasteiger partial charge >= 0.3 is 0 Å². The molecule has 202 valence electrons. The third-order valence-electron chi connectivity index (χ3n) is 7.34. The van der Waals surface area contributed by atoms with Crippen LogP contribution in [-0.2, 0) is 6.42 Å². The smallest absolute Gasteiger partial charge is 0.245 e. The first-order valence-electron chi connectivity index (χ1n) is 12.2. The molecule has 3 fully saturated rings. The minimum atomic E-state index is -2.68. The number of nitrogens with zero attached hydrogens (tertiary/aromatic N) is 3. The topological polar surface area (TPSA) is 28.0 Å². The van der Waals surface area contributed by atoms with E-state index in [4.69, 9.17) is 0 Å². The Balaban J connectivity index is 0.000000630. The van der Waals surface area contributed by atoms with Crippen molar-refractivity contribution in [1.82, 2.24) is 4.90 Å². The Morgan fingerprint density at radius 3 is 2.32 bits per heavy atom. The molecule has 1 saturated heterocycles. The Morgan fingerprint density at radius 2 is 1.76 bits per heavy atom. The lowest BCUT2D eigenvalue weighted by Crippen LogP contribution is -2.29. The molecule has 2 saturated carbocycles. The largest absolute Gasteiger partial charge is 0.370 e. The lowest BCUT2D eigenvalue weighted by molar-refractivity contribution is 0.0133. The van der Waals surface area contributed by atoms with Gasteiger partial charge in [0, 0.05) is 42.6 Å². The molecule has 2 heterocycles. The van der Waals surface area contributed by atoms with E-state index in [1.807, 2.05) is 19.1 Å². The van der Waals surface area contributed by atoms with Gasteiger partial charge in [0.15, 0.2) is 5.67 Å². The minimum absolute atomic E-state index is 0.0140. The standard InChI is InChI=1S/C24H28F3N3.C2H4.C2H2.CH2F2/c1-15-4-5-17(6-7-22(3,25)26)19(10-15)16(2)30-13-18-12-23(18,14-30)20-11-21(29-28-20)24(27)8-9-24;2*1-2;2-1-3/h4-5,10,18H,2,6-9,11-14H2,1,3H3;1-2H2;1-2H;1H2. The Bertz CT molecular complexity index is 1050. The summed E-state index contributed by atoms with van der Waals surface area (Å²) < 4.78 is 60.5. The number of hydrogen-bond donors (Lipinski definition) is 0. The fourth-order valence-electron chi connectivity index (χ4n) is 5.11. The average molecular weight is 522 g/mol. The van der Waals surface area contributed by atoms with Gasteiger partial charge in [-0.25, -0.2) is 22.0 Å². The van der Waals surface area contributed by atoms with E-state index < -0.39 is 18.5 Å². The number of likely N-dealkylation sites (tertiary alicyclic amines) is 1. The average Bonchev–Trinajstić information content (AvgIpc) is 3.65. The van der Waals surface area contributed by atoms with E-state index in [1.165, 1.54) is 0 Å². The number of alkyl halides is 5. The van der Waals surface area contributed by atoms with Crippen LogP contribution in [0.1, 0.15) is 55.7 Å². The lowest BCUT2D eigenvalue weighted by Gasteiger charge is -2.27. The second-order valence-electron chi connectivity index (χ2n) is 9.95. The molecule has 0 aromatic heterocycles. The molecule has 37 heavy (non-hydrogen) atoms. The van der Waals surface area contributed by atoms with E-state index in [0.717, 1.165) is 54.5 Å². The van der Waals surface area contributed by atoms with Crippen molar-refractivity contribution in [3.63, 3.8) is 0 Å². The number of terminal acetylenes is 1. The fraction of sp³-hybridized carbons (Fsp3) is 0.517. The first-order valence-corrected chi connectivity index (χ1v) is 12.2. The molecule has 1 aromatic rings. The Hall–Kier alpha value is -2.95. The molecule has 8 heteroatoms. The van der Waals surface area contributed by atoms with Crippen molar-refractivity contribution >= 4 is 17.1 Å². The fourth-order valence-corrected chi connectivity index (χ4v) is 5.11. The van der Waals surface area contributed by atoms with Crippen LogP contribution in [-0.4, -0.2) is 47.9 Å². The zero-order chi connectivity index (χ0) is 28.0. The molecule has 2 aliphatic heterocycles. The quantitative estimate of drug-likeness (QED) is 0.207. The third kappa shape index (κ3) is 6.88. The number of rotatable bonds is 7. The molecular weight excluding hydrogens is 485 g/mol. The minimum Gasteiger partial charge on any atom is -0.370 e. The highest BCUT2D eigenvalue weighted by atomic mass is 19.3. The van der Waals surface area contributed by atoms with Crippen LogP contribution in [0.4, 0.5) is 22.0 Å². The van der Waals surface area contributed by atoms with Crippen LogP contribution in [0.15, 0.2) is 48.1 Å². The second kappa shape index (κ2) is 12.1. The summed E-state index contributed by atoms with van der Waals surface area (Å²) in [6.07, 6.45) is 10.9. The summed E-state index contributed by atoms with van der Waals surface area (Å²) in [5.41, 5.74) is 4.27. The van der Waals surface area contributed by atoms with Crippen LogP contribution in [0, 0.1) is 31.1 Å². The van der Waals surface area contributed by atoms with Crippen LogP contribution >= 0.6 is 0 Å². The van der Waals surface area contributed by atoms with Gasteiger partial charge in [0.05, 0.1) is 11.4 Å². The Morgan fingerprint density at radius 1 is 1.16 bits per heavy atom. The number of benzene rings is 1.